The Hall–Kier alpha value is -5.61. The minimum Gasteiger partial charge on any atom is -0.463 e. The van der Waals surface area contributed by atoms with Gasteiger partial charge in [0.1, 0.15) is 25.4 Å². The van der Waals surface area contributed by atoms with Crippen molar-refractivity contribution in [2.45, 2.75) is 360 Å². The predicted molar refractivity (Wildman–Crippen MR) is 481 cm³/mol. The Bertz CT molecular complexity index is 2870. The minimum absolute atomic E-state index is 0.0733. The van der Waals surface area contributed by atoms with Crippen LogP contribution >= 0.6 is 15.6 Å². The van der Waals surface area contributed by atoms with E-state index >= 15 is 0 Å². The highest BCUT2D eigenvalue weighted by molar-refractivity contribution is 7.47. The van der Waals surface area contributed by atoms with E-state index in [0.717, 1.165) is 199 Å². The van der Waals surface area contributed by atoms with E-state index in [1.54, 1.807) is 0 Å². The Morgan fingerprint density at radius 2 is 0.461 bits per heavy atom. The first-order chi connectivity index (χ1) is 56.2. The van der Waals surface area contributed by atoms with Crippen molar-refractivity contribution in [1.29, 1.82) is 0 Å². The zero-order valence-corrected chi connectivity index (χ0v) is 73.7. The molecule has 115 heavy (non-hydrogen) atoms. The Kier molecular flexibility index (Phi) is 83.4. The largest absolute Gasteiger partial charge is 0.472 e. The lowest BCUT2D eigenvalue weighted by Crippen LogP contribution is -2.30. The first-order valence-electron chi connectivity index (χ1n) is 44.7. The molecule has 5 atom stereocenters. The summed E-state index contributed by atoms with van der Waals surface area (Å²) < 4.78 is 61.4. The van der Waals surface area contributed by atoms with Gasteiger partial charge in [-0.2, -0.15) is 0 Å². The van der Waals surface area contributed by atoms with Crippen molar-refractivity contribution in [3.63, 3.8) is 0 Å². The monoisotopic (exact) mass is 1640 g/mol. The van der Waals surface area contributed by atoms with Crippen LogP contribution in [0.4, 0.5) is 0 Å². The van der Waals surface area contributed by atoms with E-state index in [-0.39, 0.29) is 19.3 Å². The lowest BCUT2D eigenvalue weighted by molar-refractivity contribution is -0.161. The molecule has 18 heteroatoms. The number of hydrogen-bond acceptors (Lipinski definition) is 14. The molecule has 0 radical (unpaired) electrons. The zero-order valence-electron chi connectivity index (χ0n) is 71.9. The quantitative estimate of drug-likeness (QED) is 0.0146. The van der Waals surface area contributed by atoms with Gasteiger partial charge in [0.15, 0.2) is 6.10 Å². The van der Waals surface area contributed by atoms with Crippen LogP contribution in [0, 0.1) is 0 Å². The maximum atomic E-state index is 13.0. The second kappa shape index (κ2) is 87.7. The van der Waals surface area contributed by atoms with Gasteiger partial charge in [-0.3, -0.25) is 32.5 Å². The molecule has 5 unspecified atom stereocenters. The predicted octanol–water partition coefficient (Wildman–Crippen LogP) is 27.4. The van der Waals surface area contributed by atoms with Gasteiger partial charge >= 0.3 is 33.6 Å². The summed E-state index contributed by atoms with van der Waals surface area (Å²) in [5.41, 5.74) is 0. The first-order valence-corrected chi connectivity index (χ1v) is 47.7. The van der Waals surface area contributed by atoms with Crippen LogP contribution in [0.15, 0.2) is 194 Å². The van der Waals surface area contributed by atoms with Crippen LogP contribution in [0.25, 0.3) is 0 Å². The number of phosphoric ester groups is 2. The molecule has 0 aliphatic rings. The van der Waals surface area contributed by atoms with Gasteiger partial charge in [-0.15, -0.1) is 0 Å². The van der Waals surface area contributed by atoms with E-state index < -0.39 is 91.5 Å². The summed E-state index contributed by atoms with van der Waals surface area (Å²) in [6, 6.07) is 0. The molecular weight excluding hydrogens is 1480 g/mol. The van der Waals surface area contributed by atoms with Crippen LogP contribution in [-0.4, -0.2) is 95.9 Å². The molecule has 0 amide bonds. The fourth-order valence-electron chi connectivity index (χ4n) is 11.6. The summed E-state index contributed by atoms with van der Waals surface area (Å²) in [6.45, 7) is 2.40. The number of unbranched alkanes of at least 4 members (excludes halogenated alkanes) is 28. The standard InChI is InChI=1S/C97H160O16P2/c1-4-7-10-13-16-19-22-25-28-31-34-37-39-41-42-43-44-45-46-47-48-50-52-54-56-59-62-65-68-71-74-77-80-83-95(100)107-86-92(98)87-109-114(103,104)110-88-93(99)89-111-115(105,106)112-91-94(113-97(102)85-82-79-76-73-70-67-64-61-58-53-36-33-30-27-24-21-18-15-12-9-6-3)90-108-96(101)84-81-78-75-72-69-66-63-60-57-55-51-49-40-38-35-32-29-26-23-20-17-14-11-8-5-2/h7-8,10-11,16-21,25-30,34-38,41-42,44-45,49,51,53,57,60-61,64,92-94,98-99H,4-6,9,12-15,22-24,31-33,39-40,43,46-48,50,52,54-56,58-59,62-63,65-91H2,1-3H3,(H,103,104)(H,105,106)/b10-7-,11-8-,19-16-,20-17-,21-18-,28-25-,29-26-,30-27-,37-34-,38-35-,42-41-,45-44-,51-49-,53-36-,60-57-,64-61-. The van der Waals surface area contributed by atoms with E-state index in [0.29, 0.717) is 19.3 Å². The van der Waals surface area contributed by atoms with Gasteiger partial charge in [-0.05, 0) is 167 Å². The third-order valence-electron chi connectivity index (χ3n) is 18.3. The van der Waals surface area contributed by atoms with E-state index in [2.05, 4.69) is 215 Å². The van der Waals surface area contributed by atoms with E-state index in [1.165, 1.54) is 83.5 Å². The molecule has 0 saturated carbocycles. The number of allylic oxidation sites excluding steroid dienone is 32. The number of esters is 3. The number of aliphatic hydroxyl groups excluding tert-OH is 2. The number of carbonyl (C=O) groups is 3. The van der Waals surface area contributed by atoms with Gasteiger partial charge < -0.3 is 34.2 Å². The summed E-state index contributed by atoms with van der Waals surface area (Å²) >= 11 is 0. The molecule has 0 spiro atoms. The van der Waals surface area contributed by atoms with Crippen molar-refractivity contribution in [2.24, 2.45) is 0 Å². The second-order valence-electron chi connectivity index (χ2n) is 29.3. The number of phosphoric acid groups is 2. The van der Waals surface area contributed by atoms with Gasteiger partial charge in [0.2, 0.25) is 0 Å². The number of hydrogen-bond donors (Lipinski definition) is 4. The van der Waals surface area contributed by atoms with Crippen LogP contribution in [-0.2, 0) is 55.8 Å². The van der Waals surface area contributed by atoms with Gasteiger partial charge in [0.25, 0.3) is 0 Å². The molecule has 0 rings (SSSR count). The fraction of sp³-hybridized carbons (Fsp3) is 0.639. The van der Waals surface area contributed by atoms with Gasteiger partial charge in [0.05, 0.1) is 26.4 Å². The smallest absolute Gasteiger partial charge is 0.463 e. The third-order valence-corrected chi connectivity index (χ3v) is 20.2. The molecule has 16 nitrogen and oxygen atoms in total. The van der Waals surface area contributed by atoms with Crippen molar-refractivity contribution < 1.29 is 75.8 Å². The molecule has 0 aliphatic heterocycles. The number of ether oxygens (including phenoxy) is 3. The summed E-state index contributed by atoms with van der Waals surface area (Å²) in [5, 5.41) is 20.7. The molecule has 0 bridgehead atoms. The lowest BCUT2D eigenvalue weighted by Gasteiger charge is -2.21. The van der Waals surface area contributed by atoms with Crippen LogP contribution < -0.4 is 0 Å². The third kappa shape index (κ3) is 89.0. The molecule has 0 fully saturated rings. The molecule has 0 aliphatic carbocycles. The highest BCUT2D eigenvalue weighted by Gasteiger charge is 2.29. The highest BCUT2D eigenvalue weighted by atomic mass is 31.2. The molecular formula is C97H160O16P2. The van der Waals surface area contributed by atoms with Crippen LogP contribution in [0.3, 0.4) is 0 Å². The number of carbonyl (C=O) groups excluding carboxylic acids is 3. The molecule has 0 aromatic heterocycles. The summed E-state index contributed by atoms with van der Waals surface area (Å²) in [7, 11) is -9.83. The Labute approximate surface area is 699 Å². The topological polar surface area (TPSA) is 231 Å². The van der Waals surface area contributed by atoms with Crippen LogP contribution in [0.1, 0.15) is 342 Å². The molecule has 4 N–H and O–H groups in total. The highest BCUT2D eigenvalue weighted by Crippen LogP contribution is 2.45. The first kappa shape index (κ1) is 109. The average molecular weight is 1640 g/mol. The van der Waals surface area contributed by atoms with Gasteiger partial charge in [0, 0.05) is 19.3 Å². The van der Waals surface area contributed by atoms with Gasteiger partial charge in [-0.25, -0.2) is 9.13 Å². The van der Waals surface area contributed by atoms with Crippen molar-refractivity contribution in [2.75, 3.05) is 39.6 Å². The molecule has 0 aromatic rings. The molecule has 0 saturated heterocycles. The van der Waals surface area contributed by atoms with Crippen LogP contribution in [0.5, 0.6) is 0 Å². The summed E-state index contributed by atoms with van der Waals surface area (Å²) in [5.74, 6) is -1.62. The van der Waals surface area contributed by atoms with Crippen molar-refractivity contribution in [3.8, 4) is 0 Å². The van der Waals surface area contributed by atoms with Crippen molar-refractivity contribution >= 4 is 33.6 Å². The molecule has 0 heterocycles. The SMILES string of the molecule is CC/C=C\C/C=C\C/C=C\C/C=C\C/C=C\C/C=C\CCCCCCCCCCCCCCCCC(=O)OCC(O)COP(=O)(O)OCC(O)COP(=O)(O)OCC(COC(=O)CCCCCCCC/C=C\C/C=C\C/C=C\C/C=C\C/C=C\C/C=C\CC)OC(=O)CCCCCCC/C=C\C/C=C\C/C=C\C/C=C\CCCCC. The van der Waals surface area contributed by atoms with E-state index in [9.17, 15) is 43.5 Å². The number of rotatable bonds is 83. The van der Waals surface area contributed by atoms with E-state index in [1.807, 2.05) is 0 Å². The summed E-state index contributed by atoms with van der Waals surface area (Å²) in [6.07, 6.45) is 116. The number of aliphatic hydroxyl groups is 2. The average Bonchev–Trinajstić information content (AvgIpc) is 0.902. The summed E-state index contributed by atoms with van der Waals surface area (Å²) in [4.78, 5) is 58.9. The van der Waals surface area contributed by atoms with Crippen LogP contribution in [0.2, 0.25) is 0 Å². The fourth-order valence-corrected chi connectivity index (χ4v) is 13.1. The Morgan fingerprint density at radius 1 is 0.252 bits per heavy atom. The molecule has 654 valence electrons. The Morgan fingerprint density at radius 3 is 0.730 bits per heavy atom. The Balaban J connectivity index is 4.62. The maximum Gasteiger partial charge on any atom is 0.472 e. The maximum absolute atomic E-state index is 13.0. The second-order valence-corrected chi connectivity index (χ2v) is 32.2. The van der Waals surface area contributed by atoms with Crippen molar-refractivity contribution in [1.82, 2.24) is 0 Å². The van der Waals surface area contributed by atoms with Gasteiger partial charge in [-0.1, -0.05) is 350 Å². The minimum atomic E-state index is -4.96. The normalized spacial score (nSPS) is 14.7. The molecule has 0 aromatic carbocycles. The zero-order chi connectivity index (χ0) is 83.6. The lowest BCUT2D eigenvalue weighted by atomic mass is 10.0. The van der Waals surface area contributed by atoms with E-state index in [4.69, 9.17) is 32.3 Å². The van der Waals surface area contributed by atoms with Crippen molar-refractivity contribution in [3.05, 3.63) is 194 Å².